The van der Waals surface area contributed by atoms with Crippen LogP contribution in [0, 0.1) is 5.82 Å². The van der Waals surface area contributed by atoms with E-state index < -0.39 is 12.9 Å². The third kappa shape index (κ3) is 3.52. The molecular weight excluding hydrogens is 238 g/mol. The topological polar surface area (TPSA) is 58.9 Å². The molecule has 1 aromatic rings. The molecule has 98 valence electrons. The molecule has 1 fully saturated rings. The van der Waals surface area contributed by atoms with Crippen LogP contribution in [0.2, 0.25) is 0 Å². The molecule has 2 N–H and O–H groups in total. The number of rotatable bonds is 4. The monoisotopic (exact) mass is 254 g/mol. The molecule has 6 heteroatoms. The summed E-state index contributed by atoms with van der Waals surface area (Å²) in [5.74, 6) is -0.493. The van der Waals surface area contributed by atoms with Crippen LogP contribution in [-0.4, -0.2) is 36.5 Å². The van der Waals surface area contributed by atoms with Gasteiger partial charge >= 0.3 is 7.12 Å². The molecule has 0 amide bonds. The van der Waals surface area contributed by atoms with Gasteiger partial charge in [0.25, 0.3) is 0 Å². The van der Waals surface area contributed by atoms with E-state index in [1.807, 2.05) is 0 Å². The SMILES string of the molecule is OB(O)c1cc(F)ccc1COC1CCOCC1. The van der Waals surface area contributed by atoms with Crippen LogP contribution in [0.25, 0.3) is 0 Å². The second-order valence-electron chi connectivity index (χ2n) is 4.34. The first-order valence-corrected chi connectivity index (χ1v) is 6.00. The van der Waals surface area contributed by atoms with E-state index in [2.05, 4.69) is 0 Å². The molecule has 1 saturated heterocycles. The van der Waals surface area contributed by atoms with E-state index >= 15 is 0 Å². The lowest BCUT2D eigenvalue weighted by molar-refractivity contribution is -0.0389. The first-order valence-electron chi connectivity index (χ1n) is 6.00. The Hall–Kier alpha value is -0.945. The molecule has 0 unspecified atom stereocenters. The standard InChI is InChI=1S/C12H16BFO4/c14-10-2-1-9(12(7-10)13(15)16)8-18-11-3-5-17-6-4-11/h1-2,7,11,15-16H,3-6,8H2. The summed E-state index contributed by atoms with van der Waals surface area (Å²) in [5.41, 5.74) is 0.750. The van der Waals surface area contributed by atoms with Gasteiger partial charge in [-0.2, -0.15) is 0 Å². The molecule has 0 aromatic heterocycles. The number of ether oxygens (including phenoxy) is 2. The van der Waals surface area contributed by atoms with E-state index in [-0.39, 0.29) is 18.2 Å². The maximum absolute atomic E-state index is 13.0. The molecule has 0 spiro atoms. The van der Waals surface area contributed by atoms with Gasteiger partial charge in [0.15, 0.2) is 0 Å². The molecule has 1 heterocycles. The number of hydrogen-bond donors (Lipinski definition) is 2. The molecule has 2 rings (SSSR count). The van der Waals surface area contributed by atoms with Gasteiger partial charge in [0.05, 0.1) is 12.7 Å². The van der Waals surface area contributed by atoms with Crippen LogP contribution in [0.3, 0.4) is 0 Å². The van der Waals surface area contributed by atoms with Gasteiger partial charge in [-0.15, -0.1) is 0 Å². The van der Waals surface area contributed by atoms with Gasteiger partial charge in [0.2, 0.25) is 0 Å². The summed E-state index contributed by atoms with van der Waals surface area (Å²) >= 11 is 0. The van der Waals surface area contributed by atoms with Crippen LogP contribution in [0.15, 0.2) is 18.2 Å². The van der Waals surface area contributed by atoms with Crippen molar-refractivity contribution in [2.45, 2.75) is 25.6 Å². The Bertz CT molecular complexity index is 394. The highest BCUT2D eigenvalue weighted by Crippen LogP contribution is 2.13. The zero-order valence-electron chi connectivity index (χ0n) is 10.0. The molecule has 1 aromatic carbocycles. The third-order valence-corrected chi connectivity index (χ3v) is 3.03. The molecule has 1 aliphatic rings. The third-order valence-electron chi connectivity index (χ3n) is 3.03. The Morgan fingerprint density at radius 3 is 2.72 bits per heavy atom. The lowest BCUT2D eigenvalue weighted by atomic mass is 9.77. The maximum Gasteiger partial charge on any atom is 0.488 e. The largest absolute Gasteiger partial charge is 0.488 e. The average molecular weight is 254 g/mol. The van der Waals surface area contributed by atoms with Crippen LogP contribution < -0.4 is 5.46 Å². The smallest absolute Gasteiger partial charge is 0.423 e. The molecule has 0 aliphatic carbocycles. The first kappa shape index (κ1) is 13.5. The van der Waals surface area contributed by atoms with Crippen molar-refractivity contribution in [2.24, 2.45) is 0 Å². The van der Waals surface area contributed by atoms with Crippen LogP contribution in [0.1, 0.15) is 18.4 Å². The van der Waals surface area contributed by atoms with Gasteiger partial charge in [-0.3, -0.25) is 0 Å². The predicted octanol–water partition coefficient (Wildman–Crippen LogP) is 0.201. The Kier molecular flexibility index (Phi) is 4.71. The van der Waals surface area contributed by atoms with Crippen molar-refractivity contribution in [2.75, 3.05) is 13.2 Å². The van der Waals surface area contributed by atoms with Crippen molar-refractivity contribution in [3.63, 3.8) is 0 Å². The molecule has 0 radical (unpaired) electrons. The van der Waals surface area contributed by atoms with E-state index in [0.717, 1.165) is 18.9 Å². The van der Waals surface area contributed by atoms with Gasteiger partial charge in [0.1, 0.15) is 5.82 Å². The van der Waals surface area contributed by atoms with Crippen molar-refractivity contribution < 1.29 is 23.9 Å². The number of benzene rings is 1. The molecule has 1 aliphatic heterocycles. The molecule has 0 bridgehead atoms. The zero-order valence-corrected chi connectivity index (χ0v) is 10.0. The minimum Gasteiger partial charge on any atom is -0.423 e. The second-order valence-corrected chi connectivity index (χ2v) is 4.34. The van der Waals surface area contributed by atoms with Gasteiger partial charge < -0.3 is 19.5 Å². The van der Waals surface area contributed by atoms with Crippen molar-refractivity contribution in [1.29, 1.82) is 0 Å². The summed E-state index contributed by atoms with van der Waals surface area (Å²) in [6.45, 7) is 1.62. The second kappa shape index (κ2) is 6.29. The van der Waals surface area contributed by atoms with Gasteiger partial charge in [-0.1, -0.05) is 6.07 Å². The normalized spacial score (nSPS) is 16.8. The Morgan fingerprint density at radius 2 is 2.06 bits per heavy atom. The summed E-state index contributed by atoms with van der Waals surface area (Å²) in [7, 11) is -1.69. The zero-order chi connectivity index (χ0) is 13.0. The van der Waals surface area contributed by atoms with Crippen molar-refractivity contribution >= 4 is 12.6 Å². The van der Waals surface area contributed by atoms with Crippen molar-refractivity contribution in [3.8, 4) is 0 Å². The molecule has 4 nitrogen and oxygen atoms in total. The average Bonchev–Trinajstić information content (AvgIpc) is 2.38. The minimum atomic E-state index is -1.69. The van der Waals surface area contributed by atoms with Crippen molar-refractivity contribution in [1.82, 2.24) is 0 Å². The summed E-state index contributed by atoms with van der Waals surface area (Å²) in [6.07, 6.45) is 1.78. The number of hydrogen-bond acceptors (Lipinski definition) is 4. The summed E-state index contributed by atoms with van der Waals surface area (Å²) in [4.78, 5) is 0. The van der Waals surface area contributed by atoms with E-state index in [1.54, 1.807) is 0 Å². The molecule has 0 atom stereocenters. The highest BCUT2D eigenvalue weighted by atomic mass is 19.1. The van der Waals surface area contributed by atoms with Crippen molar-refractivity contribution in [3.05, 3.63) is 29.6 Å². The number of halogens is 1. The minimum absolute atomic E-state index is 0.118. The maximum atomic E-state index is 13.0. The molecule has 18 heavy (non-hydrogen) atoms. The fraction of sp³-hybridized carbons (Fsp3) is 0.500. The van der Waals surface area contributed by atoms with E-state index in [9.17, 15) is 14.4 Å². The predicted molar refractivity (Wildman–Crippen MR) is 64.9 cm³/mol. The van der Waals surface area contributed by atoms with E-state index in [0.29, 0.717) is 18.8 Å². The van der Waals surface area contributed by atoms with Crippen LogP contribution in [0.5, 0.6) is 0 Å². The van der Waals surface area contributed by atoms with Crippen LogP contribution >= 0.6 is 0 Å². The van der Waals surface area contributed by atoms with Gasteiger partial charge in [-0.25, -0.2) is 4.39 Å². The van der Waals surface area contributed by atoms with E-state index in [4.69, 9.17) is 9.47 Å². The lowest BCUT2D eigenvalue weighted by Crippen LogP contribution is -2.34. The lowest BCUT2D eigenvalue weighted by Gasteiger charge is -2.23. The fourth-order valence-electron chi connectivity index (χ4n) is 1.99. The summed E-state index contributed by atoms with van der Waals surface area (Å²) in [5, 5.41) is 18.4. The quantitative estimate of drug-likeness (QED) is 0.753. The van der Waals surface area contributed by atoms with Gasteiger partial charge in [0, 0.05) is 13.2 Å². The molecular formula is C12H16BFO4. The van der Waals surface area contributed by atoms with E-state index in [1.165, 1.54) is 12.1 Å². The first-order chi connectivity index (χ1) is 8.66. The van der Waals surface area contributed by atoms with Crippen LogP contribution in [0.4, 0.5) is 4.39 Å². The summed E-state index contributed by atoms with van der Waals surface area (Å²) < 4.78 is 23.9. The van der Waals surface area contributed by atoms with Gasteiger partial charge in [-0.05, 0) is 36.0 Å². The Balaban J connectivity index is 1.99. The molecule has 0 saturated carbocycles. The van der Waals surface area contributed by atoms with Crippen LogP contribution in [-0.2, 0) is 16.1 Å². The summed E-state index contributed by atoms with van der Waals surface area (Å²) in [6, 6.07) is 3.92. The highest BCUT2D eigenvalue weighted by Gasteiger charge is 2.19. The Labute approximate surface area is 105 Å². The highest BCUT2D eigenvalue weighted by molar-refractivity contribution is 6.59. The fourth-order valence-corrected chi connectivity index (χ4v) is 1.99. The Morgan fingerprint density at radius 1 is 1.33 bits per heavy atom.